The minimum Gasteiger partial charge on any atom is -0.479 e. The third-order valence-corrected chi connectivity index (χ3v) is 2.38. The topological polar surface area (TPSA) is 21.3 Å². The lowest BCUT2D eigenvalue weighted by molar-refractivity contribution is 0.103. The van der Waals surface area contributed by atoms with Gasteiger partial charge < -0.3 is 4.74 Å². The molecular weight excluding hydrogens is 230 g/mol. The lowest BCUT2D eigenvalue weighted by Crippen LogP contribution is -2.25. The molecule has 0 radical (unpaired) electrons. The third-order valence-electron chi connectivity index (χ3n) is 1.88. The maximum Gasteiger partial charge on any atom is 0.175 e. The van der Waals surface area contributed by atoms with Crippen LogP contribution in [0.5, 0.6) is 0 Å². The van der Waals surface area contributed by atoms with E-state index in [9.17, 15) is 0 Å². The van der Waals surface area contributed by atoms with Gasteiger partial charge in [-0.05, 0) is 18.2 Å². The van der Waals surface area contributed by atoms with Crippen molar-refractivity contribution in [3.05, 3.63) is 46.6 Å². The average Bonchev–Trinajstić information content (AvgIpc) is 2.19. The minimum absolute atomic E-state index is 0.0116. The zero-order valence-electron chi connectivity index (χ0n) is 7.03. The van der Waals surface area contributed by atoms with E-state index in [1.54, 1.807) is 6.26 Å². The Morgan fingerprint density at radius 2 is 2.38 bits per heavy atom. The highest BCUT2D eigenvalue weighted by atomic mass is 79.9. The van der Waals surface area contributed by atoms with Crippen LogP contribution < -0.4 is 5.32 Å². The first kappa shape index (κ1) is 8.78. The Kier molecular flexibility index (Phi) is 2.66. The standard InChI is InChI=1S/C10H10BrNO/c11-9-4-1-3-8(7-9)10-12-5-2-6-13-10/h1-4,6-7,10,12H,5H2. The predicted octanol–water partition coefficient (Wildman–Crippen LogP) is 2.58. The highest BCUT2D eigenvalue weighted by Gasteiger charge is 2.11. The molecule has 1 aromatic carbocycles. The Morgan fingerprint density at radius 3 is 3.08 bits per heavy atom. The van der Waals surface area contributed by atoms with Gasteiger partial charge in [-0.25, -0.2) is 0 Å². The molecule has 2 nitrogen and oxygen atoms in total. The van der Waals surface area contributed by atoms with Gasteiger partial charge >= 0.3 is 0 Å². The predicted molar refractivity (Wildman–Crippen MR) is 55.1 cm³/mol. The number of benzene rings is 1. The molecule has 3 heteroatoms. The summed E-state index contributed by atoms with van der Waals surface area (Å²) in [5.41, 5.74) is 1.14. The first-order chi connectivity index (χ1) is 6.36. The number of nitrogens with one attached hydrogen (secondary N) is 1. The molecule has 1 aliphatic heterocycles. The Hall–Kier alpha value is -0.800. The summed E-state index contributed by atoms with van der Waals surface area (Å²) in [7, 11) is 0. The summed E-state index contributed by atoms with van der Waals surface area (Å²) in [6.07, 6.45) is 3.68. The molecule has 68 valence electrons. The van der Waals surface area contributed by atoms with Crippen LogP contribution in [-0.2, 0) is 4.74 Å². The van der Waals surface area contributed by atoms with Gasteiger partial charge in [-0.1, -0.05) is 28.1 Å². The molecule has 0 saturated carbocycles. The van der Waals surface area contributed by atoms with E-state index in [4.69, 9.17) is 4.74 Å². The van der Waals surface area contributed by atoms with Crippen LogP contribution in [0.25, 0.3) is 0 Å². The molecule has 0 aromatic heterocycles. The van der Waals surface area contributed by atoms with E-state index in [2.05, 4.69) is 27.3 Å². The smallest absolute Gasteiger partial charge is 0.175 e. The highest BCUT2D eigenvalue weighted by Crippen LogP contribution is 2.20. The lowest BCUT2D eigenvalue weighted by atomic mass is 10.2. The Bertz CT molecular complexity index is 324. The van der Waals surface area contributed by atoms with Crippen LogP contribution >= 0.6 is 15.9 Å². The molecule has 0 fully saturated rings. The van der Waals surface area contributed by atoms with Crippen LogP contribution in [0.2, 0.25) is 0 Å². The van der Waals surface area contributed by atoms with Gasteiger partial charge in [0.25, 0.3) is 0 Å². The quantitative estimate of drug-likeness (QED) is 0.814. The average molecular weight is 240 g/mol. The van der Waals surface area contributed by atoms with Crippen LogP contribution in [0, 0.1) is 0 Å². The van der Waals surface area contributed by atoms with Gasteiger partial charge in [-0.2, -0.15) is 0 Å². The molecule has 1 aliphatic rings. The van der Waals surface area contributed by atoms with E-state index in [0.29, 0.717) is 0 Å². The van der Waals surface area contributed by atoms with E-state index < -0.39 is 0 Å². The molecule has 0 saturated heterocycles. The summed E-state index contributed by atoms with van der Waals surface area (Å²) in [4.78, 5) is 0. The van der Waals surface area contributed by atoms with Crippen molar-refractivity contribution in [1.29, 1.82) is 0 Å². The molecule has 1 unspecified atom stereocenters. The van der Waals surface area contributed by atoms with Crippen molar-refractivity contribution in [1.82, 2.24) is 5.32 Å². The fraction of sp³-hybridized carbons (Fsp3) is 0.200. The number of hydrogen-bond acceptors (Lipinski definition) is 2. The molecule has 1 aromatic rings. The monoisotopic (exact) mass is 239 g/mol. The van der Waals surface area contributed by atoms with Gasteiger partial charge in [0.1, 0.15) is 0 Å². The second kappa shape index (κ2) is 3.94. The summed E-state index contributed by atoms with van der Waals surface area (Å²) >= 11 is 3.43. The van der Waals surface area contributed by atoms with Gasteiger partial charge in [-0.15, -0.1) is 0 Å². The van der Waals surface area contributed by atoms with Crippen LogP contribution in [-0.4, -0.2) is 6.54 Å². The Morgan fingerprint density at radius 1 is 1.46 bits per heavy atom. The summed E-state index contributed by atoms with van der Waals surface area (Å²) in [6, 6.07) is 8.10. The van der Waals surface area contributed by atoms with Crippen molar-refractivity contribution in [2.75, 3.05) is 6.54 Å². The maximum absolute atomic E-state index is 5.41. The highest BCUT2D eigenvalue weighted by molar-refractivity contribution is 9.10. The van der Waals surface area contributed by atoms with Crippen LogP contribution in [0.4, 0.5) is 0 Å². The van der Waals surface area contributed by atoms with E-state index in [1.165, 1.54) is 0 Å². The van der Waals surface area contributed by atoms with Crippen molar-refractivity contribution >= 4 is 15.9 Å². The van der Waals surface area contributed by atoms with Crippen molar-refractivity contribution in [2.24, 2.45) is 0 Å². The normalized spacial score (nSPS) is 21.2. The Balaban J connectivity index is 2.20. The van der Waals surface area contributed by atoms with E-state index >= 15 is 0 Å². The first-order valence-electron chi connectivity index (χ1n) is 4.15. The van der Waals surface area contributed by atoms with Gasteiger partial charge in [0, 0.05) is 16.6 Å². The van der Waals surface area contributed by atoms with E-state index in [-0.39, 0.29) is 6.23 Å². The number of hydrogen-bond donors (Lipinski definition) is 1. The largest absolute Gasteiger partial charge is 0.479 e. The van der Waals surface area contributed by atoms with Crippen molar-refractivity contribution in [3.8, 4) is 0 Å². The summed E-state index contributed by atoms with van der Waals surface area (Å²) < 4.78 is 6.48. The molecule has 1 heterocycles. The summed E-state index contributed by atoms with van der Waals surface area (Å²) in [5.74, 6) is 0. The third kappa shape index (κ3) is 2.11. The number of halogens is 1. The molecule has 13 heavy (non-hydrogen) atoms. The second-order valence-electron chi connectivity index (χ2n) is 2.85. The second-order valence-corrected chi connectivity index (χ2v) is 3.77. The molecule has 0 spiro atoms. The van der Waals surface area contributed by atoms with Crippen LogP contribution in [0.1, 0.15) is 11.8 Å². The molecule has 0 aliphatic carbocycles. The van der Waals surface area contributed by atoms with Crippen molar-refractivity contribution in [2.45, 2.75) is 6.23 Å². The van der Waals surface area contributed by atoms with Crippen molar-refractivity contribution in [3.63, 3.8) is 0 Å². The zero-order valence-corrected chi connectivity index (χ0v) is 8.62. The van der Waals surface area contributed by atoms with Crippen molar-refractivity contribution < 1.29 is 4.74 Å². The SMILES string of the molecule is Brc1cccc(C2NCC=CO2)c1. The van der Waals surface area contributed by atoms with E-state index in [1.807, 2.05) is 24.3 Å². The number of rotatable bonds is 1. The summed E-state index contributed by atoms with van der Waals surface area (Å²) in [6.45, 7) is 0.858. The van der Waals surface area contributed by atoms with Gasteiger partial charge in [-0.3, -0.25) is 5.32 Å². The van der Waals surface area contributed by atoms with Crippen LogP contribution in [0.3, 0.4) is 0 Å². The molecule has 1 N–H and O–H groups in total. The van der Waals surface area contributed by atoms with E-state index in [0.717, 1.165) is 16.6 Å². The lowest BCUT2D eigenvalue weighted by Gasteiger charge is -2.21. The minimum atomic E-state index is -0.0116. The summed E-state index contributed by atoms with van der Waals surface area (Å²) in [5, 5.41) is 3.23. The molecule has 2 rings (SSSR count). The molecule has 0 bridgehead atoms. The number of ether oxygens (including phenoxy) is 1. The maximum atomic E-state index is 5.41. The first-order valence-corrected chi connectivity index (χ1v) is 4.95. The van der Waals surface area contributed by atoms with Gasteiger partial charge in [0.2, 0.25) is 0 Å². The van der Waals surface area contributed by atoms with Gasteiger partial charge in [0.05, 0.1) is 6.26 Å². The zero-order chi connectivity index (χ0) is 9.10. The Labute approximate surface area is 85.7 Å². The fourth-order valence-electron chi connectivity index (χ4n) is 1.27. The fourth-order valence-corrected chi connectivity index (χ4v) is 1.69. The van der Waals surface area contributed by atoms with Gasteiger partial charge in [0.15, 0.2) is 6.23 Å². The molecular formula is C10H10BrNO. The van der Waals surface area contributed by atoms with Crippen LogP contribution in [0.15, 0.2) is 41.1 Å². The molecule has 1 atom stereocenters. The molecule has 0 amide bonds.